The Morgan fingerprint density at radius 1 is 1.33 bits per heavy atom. The number of aliphatic hydroxyl groups is 1. The normalized spacial score (nSPS) is 12.3. The fourth-order valence-corrected chi connectivity index (χ4v) is 2.19. The van der Waals surface area contributed by atoms with E-state index in [4.69, 9.17) is 9.84 Å². The number of benzene rings is 1. The first-order valence-electron chi connectivity index (χ1n) is 7.14. The van der Waals surface area contributed by atoms with Crippen LogP contribution in [-0.2, 0) is 13.1 Å². The van der Waals surface area contributed by atoms with Crippen LogP contribution in [0.25, 0.3) is 0 Å². The lowest BCUT2D eigenvalue weighted by molar-refractivity contribution is 0.268. The minimum Gasteiger partial charge on any atom is -0.497 e. The number of nitrogens with one attached hydrogen (secondary N) is 1. The number of aromatic nitrogens is 3. The largest absolute Gasteiger partial charge is 0.497 e. The van der Waals surface area contributed by atoms with Gasteiger partial charge in [-0.2, -0.15) is 0 Å². The van der Waals surface area contributed by atoms with E-state index in [0.717, 1.165) is 17.9 Å². The summed E-state index contributed by atoms with van der Waals surface area (Å²) in [5.41, 5.74) is 2.09. The molecule has 0 aliphatic rings. The van der Waals surface area contributed by atoms with Gasteiger partial charge in [0.1, 0.15) is 5.75 Å². The highest BCUT2D eigenvalue weighted by molar-refractivity contribution is 5.29. The van der Waals surface area contributed by atoms with Gasteiger partial charge in [0.2, 0.25) is 0 Å². The number of rotatable bonds is 8. The molecule has 0 saturated heterocycles. The molecule has 1 atom stereocenters. The summed E-state index contributed by atoms with van der Waals surface area (Å²) in [6.45, 7) is 3.34. The second-order valence-electron chi connectivity index (χ2n) is 4.81. The van der Waals surface area contributed by atoms with Gasteiger partial charge in [-0.3, -0.25) is 0 Å². The average molecular weight is 290 g/mol. The molecule has 1 heterocycles. The molecule has 0 fully saturated rings. The maximum atomic E-state index is 8.86. The Bertz CT molecular complexity index is 539. The van der Waals surface area contributed by atoms with Gasteiger partial charge in [0.25, 0.3) is 0 Å². The molecule has 0 amide bonds. The van der Waals surface area contributed by atoms with Gasteiger partial charge in [-0.1, -0.05) is 24.3 Å². The summed E-state index contributed by atoms with van der Waals surface area (Å²) in [5, 5.41) is 20.4. The van der Waals surface area contributed by atoms with Crippen molar-refractivity contribution in [3.05, 3.63) is 41.7 Å². The van der Waals surface area contributed by atoms with Crippen LogP contribution in [0.3, 0.4) is 0 Å². The zero-order valence-electron chi connectivity index (χ0n) is 12.5. The van der Waals surface area contributed by atoms with Crippen molar-refractivity contribution in [3.63, 3.8) is 0 Å². The van der Waals surface area contributed by atoms with Crippen LogP contribution in [0.5, 0.6) is 5.75 Å². The Hall–Kier alpha value is -1.92. The lowest BCUT2D eigenvalue weighted by Gasteiger charge is -2.17. The maximum Gasteiger partial charge on any atom is 0.118 e. The zero-order valence-corrected chi connectivity index (χ0v) is 12.5. The summed E-state index contributed by atoms with van der Waals surface area (Å²) in [4.78, 5) is 0. The average Bonchev–Trinajstić information content (AvgIpc) is 2.96. The maximum absolute atomic E-state index is 8.86. The van der Waals surface area contributed by atoms with E-state index in [1.54, 1.807) is 11.8 Å². The Morgan fingerprint density at radius 3 is 2.71 bits per heavy atom. The van der Waals surface area contributed by atoms with Crippen LogP contribution >= 0.6 is 0 Å². The van der Waals surface area contributed by atoms with Gasteiger partial charge in [-0.15, -0.1) is 5.10 Å². The number of nitrogens with zero attached hydrogens (tertiary/aromatic N) is 3. The first-order valence-corrected chi connectivity index (χ1v) is 7.14. The Kier molecular flexibility index (Phi) is 5.71. The molecule has 21 heavy (non-hydrogen) atoms. The topological polar surface area (TPSA) is 72.2 Å². The van der Waals surface area contributed by atoms with Crippen molar-refractivity contribution in [2.45, 2.75) is 32.5 Å². The van der Waals surface area contributed by atoms with Gasteiger partial charge in [-0.05, 0) is 24.1 Å². The van der Waals surface area contributed by atoms with Crippen LogP contribution in [0.1, 0.15) is 30.6 Å². The second-order valence-corrected chi connectivity index (χ2v) is 4.81. The van der Waals surface area contributed by atoms with E-state index in [9.17, 15) is 0 Å². The first-order chi connectivity index (χ1) is 10.3. The van der Waals surface area contributed by atoms with Crippen LogP contribution in [0.4, 0.5) is 0 Å². The molecule has 2 rings (SSSR count). The number of ether oxygens (including phenoxy) is 1. The number of aliphatic hydroxyl groups excluding tert-OH is 1. The van der Waals surface area contributed by atoms with Gasteiger partial charge in [-0.25, -0.2) is 4.68 Å². The van der Waals surface area contributed by atoms with Crippen molar-refractivity contribution in [1.82, 2.24) is 20.3 Å². The third-order valence-electron chi connectivity index (χ3n) is 3.37. The van der Waals surface area contributed by atoms with E-state index in [-0.39, 0.29) is 12.6 Å². The molecule has 0 saturated carbocycles. The van der Waals surface area contributed by atoms with E-state index in [1.807, 2.05) is 18.3 Å². The summed E-state index contributed by atoms with van der Waals surface area (Å²) < 4.78 is 6.82. The first kappa shape index (κ1) is 15.5. The van der Waals surface area contributed by atoms with Crippen molar-refractivity contribution in [2.75, 3.05) is 13.7 Å². The zero-order chi connectivity index (χ0) is 15.1. The van der Waals surface area contributed by atoms with Crippen LogP contribution in [0, 0.1) is 0 Å². The molecule has 0 aliphatic heterocycles. The molecular weight excluding hydrogens is 268 g/mol. The summed E-state index contributed by atoms with van der Waals surface area (Å²) >= 11 is 0. The molecule has 1 unspecified atom stereocenters. The van der Waals surface area contributed by atoms with E-state index in [2.05, 4.69) is 34.7 Å². The molecule has 6 nitrogen and oxygen atoms in total. The number of hydrogen-bond donors (Lipinski definition) is 2. The second kappa shape index (κ2) is 7.75. The summed E-state index contributed by atoms with van der Waals surface area (Å²) in [7, 11) is 1.67. The molecule has 114 valence electrons. The van der Waals surface area contributed by atoms with Gasteiger partial charge < -0.3 is 15.2 Å². The molecule has 6 heteroatoms. The van der Waals surface area contributed by atoms with Crippen molar-refractivity contribution in [3.8, 4) is 5.75 Å². The number of methoxy groups -OCH3 is 1. The minimum absolute atomic E-state index is 0.0691. The molecule has 0 bridgehead atoms. The van der Waals surface area contributed by atoms with Crippen molar-refractivity contribution in [2.24, 2.45) is 0 Å². The smallest absolute Gasteiger partial charge is 0.118 e. The highest BCUT2D eigenvalue weighted by atomic mass is 16.5. The summed E-state index contributed by atoms with van der Waals surface area (Å²) in [6.07, 6.45) is 2.83. The standard InChI is InChI=1S/C15H22N4O2/c1-3-15(12-4-6-14(21-2)7-5-12)16-10-13-11-19(8-9-20)18-17-13/h4-7,11,15-16,20H,3,8-10H2,1-2H3. The quantitative estimate of drug-likeness (QED) is 0.771. The van der Waals surface area contributed by atoms with Crippen LogP contribution in [-0.4, -0.2) is 33.8 Å². The van der Waals surface area contributed by atoms with E-state index < -0.39 is 0 Å². The highest BCUT2D eigenvalue weighted by Crippen LogP contribution is 2.20. The SMILES string of the molecule is CCC(NCc1cn(CCO)nn1)c1ccc(OC)cc1. The van der Waals surface area contributed by atoms with E-state index >= 15 is 0 Å². The molecule has 2 aromatic rings. The van der Waals surface area contributed by atoms with Gasteiger partial charge in [0.05, 0.1) is 26.0 Å². The molecular formula is C15H22N4O2. The fraction of sp³-hybridized carbons (Fsp3) is 0.467. The predicted molar refractivity (Wildman–Crippen MR) is 80.0 cm³/mol. The number of hydrogen-bond acceptors (Lipinski definition) is 5. The van der Waals surface area contributed by atoms with Gasteiger partial charge in [0, 0.05) is 18.8 Å². The molecule has 0 radical (unpaired) electrons. The van der Waals surface area contributed by atoms with Crippen LogP contribution in [0.15, 0.2) is 30.5 Å². The monoisotopic (exact) mass is 290 g/mol. The molecule has 2 N–H and O–H groups in total. The van der Waals surface area contributed by atoms with Gasteiger partial charge >= 0.3 is 0 Å². The summed E-state index contributed by atoms with van der Waals surface area (Å²) in [6, 6.07) is 8.35. The molecule has 0 aliphatic carbocycles. The molecule has 1 aromatic carbocycles. The Morgan fingerprint density at radius 2 is 2.10 bits per heavy atom. The summed E-state index contributed by atoms with van der Waals surface area (Å²) in [5.74, 6) is 0.862. The van der Waals surface area contributed by atoms with E-state index in [1.165, 1.54) is 5.56 Å². The fourth-order valence-electron chi connectivity index (χ4n) is 2.19. The Balaban J connectivity index is 1.94. The highest BCUT2D eigenvalue weighted by Gasteiger charge is 2.10. The van der Waals surface area contributed by atoms with Crippen molar-refractivity contribution in [1.29, 1.82) is 0 Å². The van der Waals surface area contributed by atoms with Gasteiger partial charge in [0.15, 0.2) is 0 Å². The van der Waals surface area contributed by atoms with Crippen molar-refractivity contribution >= 4 is 0 Å². The van der Waals surface area contributed by atoms with Crippen LogP contribution < -0.4 is 10.1 Å². The Labute approximate surface area is 124 Å². The van der Waals surface area contributed by atoms with Crippen LogP contribution in [0.2, 0.25) is 0 Å². The van der Waals surface area contributed by atoms with E-state index in [0.29, 0.717) is 13.1 Å². The third-order valence-corrected chi connectivity index (χ3v) is 3.37. The minimum atomic E-state index is 0.0691. The lowest BCUT2D eigenvalue weighted by atomic mass is 10.0. The van der Waals surface area contributed by atoms with Crippen molar-refractivity contribution < 1.29 is 9.84 Å². The third kappa shape index (κ3) is 4.27. The molecule has 0 spiro atoms. The predicted octanol–water partition coefficient (Wildman–Crippen LogP) is 1.52. The molecule has 1 aromatic heterocycles. The lowest BCUT2D eigenvalue weighted by Crippen LogP contribution is -2.20.